The van der Waals surface area contributed by atoms with Crippen molar-refractivity contribution in [1.82, 2.24) is 5.32 Å². The maximum atomic E-state index is 11.8. The summed E-state index contributed by atoms with van der Waals surface area (Å²) in [5.41, 5.74) is 8.63. The van der Waals surface area contributed by atoms with Crippen LogP contribution in [-0.4, -0.2) is 27.2 Å². The number of para-hydroxylation sites is 1. The number of hydrogen-bond acceptors (Lipinski definition) is 4. The first kappa shape index (κ1) is 18.3. The first-order valence-corrected chi connectivity index (χ1v) is 10.3. The van der Waals surface area contributed by atoms with E-state index in [2.05, 4.69) is 10.3 Å². The molecule has 0 aliphatic carbocycles. The number of fused-ring (bicyclic) bond motifs is 1. The summed E-state index contributed by atoms with van der Waals surface area (Å²) >= 11 is 0. The largest absolute Gasteiger partial charge is 0.493 e. The number of ether oxygens (including phenoxy) is 1. The smallest absolute Gasteiger partial charge is 0.189 e. The van der Waals surface area contributed by atoms with Crippen LogP contribution in [0.3, 0.4) is 0 Å². The highest BCUT2D eigenvalue weighted by molar-refractivity contribution is 7.90. The molecule has 0 radical (unpaired) electrons. The second-order valence-electron chi connectivity index (χ2n) is 6.45. The monoisotopic (exact) mass is 373 g/mol. The number of nitrogens with one attached hydrogen (secondary N) is 1. The number of benzene rings is 2. The van der Waals surface area contributed by atoms with Crippen molar-refractivity contribution >= 4 is 15.8 Å². The van der Waals surface area contributed by atoms with Gasteiger partial charge in [-0.2, -0.15) is 0 Å². The quantitative estimate of drug-likeness (QED) is 0.634. The lowest BCUT2D eigenvalue weighted by Gasteiger charge is -2.26. The zero-order valence-electron chi connectivity index (χ0n) is 14.9. The summed E-state index contributed by atoms with van der Waals surface area (Å²) in [6.07, 6.45) is 2.01. The van der Waals surface area contributed by atoms with E-state index >= 15 is 0 Å². The molecule has 6 nitrogen and oxygen atoms in total. The van der Waals surface area contributed by atoms with Gasteiger partial charge in [-0.1, -0.05) is 30.3 Å². The van der Waals surface area contributed by atoms with E-state index in [0.717, 1.165) is 28.9 Å². The van der Waals surface area contributed by atoms with Crippen LogP contribution in [-0.2, 0) is 16.4 Å². The fourth-order valence-corrected chi connectivity index (χ4v) is 4.05. The Kier molecular flexibility index (Phi) is 5.18. The zero-order valence-corrected chi connectivity index (χ0v) is 15.7. The molecular weight excluding hydrogens is 350 g/mol. The SMILES string of the molecule is Cc1ccc(CN=C(N)NC2CCOc3ccccc32)cc1S(C)(=O)=O. The molecule has 1 aliphatic heterocycles. The minimum absolute atomic E-state index is 0.0494. The fraction of sp³-hybridized carbons (Fsp3) is 0.316. The minimum atomic E-state index is -3.26. The van der Waals surface area contributed by atoms with E-state index in [1.807, 2.05) is 30.3 Å². The van der Waals surface area contributed by atoms with Crippen molar-refractivity contribution in [3.05, 3.63) is 59.2 Å². The molecular formula is C19H23N3O3S. The van der Waals surface area contributed by atoms with Gasteiger partial charge in [0.1, 0.15) is 5.75 Å². The van der Waals surface area contributed by atoms with Crippen molar-refractivity contribution < 1.29 is 13.2 Å². The van der Waals surface area contributed by atoms with Crippen LogP contribution < -0.4 is 15.8 Å². The molecule has 2 aromatic rings. The number of aliphatic imine (C=N–C) groups is 1. The van der Waals surface area contributed by atoms with E-state index < -0.39 is 9.84 Å². The number of guanidine groups is 1. The van der Waals surface area contributed by atoms with Crippen molar-refractivity contribution in [2.75, 3.05) is 12.9 Å². The van der Waals surface area contributed by atoms with Gasteiger partial charge in [0.15, 0.2) is 15.8 Å². The second-order valence-corrected chi connectivity index (χ2v) is 8.43. The Morgan fingerprint density at radius 2 is 2.08 bits per heavy atom. The molecule has 1 unspecified atom stereocenters. The van der Waals surface area contributed by atoms with Gasteiger partial charge in [0.05, 0.1) is 24.1 Å². The zero-order chi connectivity index (χ0) is 18.7. The van der Waals surface area contributed by atoms with Gasteiger partial charge >= 0.3 is 0 Å². The minimum Gasteiger partial charge on any atom is -0.493 e. The molecule has 0 aromatic heterocycles. The van der Waals surface area contributed by atoms with Gasteiger partial charge in [-0.25, -0.2) is 13.4 Å². The molecule has 3 N–H and O–H groups in total. The Hall–Kier alpha value is -2.54. The van der Waals surface area contributed by atoms with E-state index in [0.29, 0.717) is 24.0 Å². The predicted molar refractivity (Wildman–Crippen MR) is 102 cm³/mol. The summed E-state index contributed by atoms with van der Waals surface area (Å²) in [5.74, 6) is 1.19. The topological polar surface area (TPSA) is 93.8 Å². The van der Waals surface area contributed by atoms with Crippen LogP contribution in [0, 0.1) is 6.92 Å². The summed E-state index contributed by atoms with van der Waals surface area (Å²) in [7, 11) is -3.26. The highest BCUT2D eigenvalue weighted by atomic mass is 32.2. The van der Waals surface area contributed by atoms with Crippen LogP contribution in [0.15, 0.2) is 52.4 Å². The lowest BCUT2D eigenvalue weighted by atomic mass is 10.0. The molecule has 138 valence electrons. The fourth-order valence-electron chi connectivity index (χ4n) is 3.03. The summed E-state index contributed by atoms with van der Waals surface area (Å²) < 4.78 is 29.3. The first-order valence-electron chi connectivity index (χ1n) is 8.42. The normalized spacial score (nSPS) is 17.3. The van der Waals surface area contributed by atoms with E-state index in [1.54, 1.807) is 19.1 Å². The van der Waals surface area contributed by atoms with Gasteiger partial charge in [0, 0.05) is 18.2 Å². The second kappa shape index (κ2) is 7.37. The molecule has 0 amide bonds. The van der Waals surface area contributed by atoms with Crippen LogP contribution in [0.2, 0.25) is 0 Å². The molecule has 0 spiro atoms. The average Bonchev–Trinajstić information content (AvgIpc) is 2.60. The predicted octanol–water partition coefficient (Wildman–Crippen LogP) is 2.33. The first-order chi connectivity index (χ1) is 12.3. The highest BCUT2D eigenvalue weighted by Crippen LogP contribution is 2.31. The van der Waals surface area contributed by atoms with Crippen LogP contribution >= 0.6 is 0 Å². The third-order valence-corrected chi connectivity index (χ3v) is 5.60. The number of rotatable bonds is 4. The lowest BCUT2D eigenvalue weighted by molar-refractivity contribution is 0.262. The van der Waals surface area contributed by atoms with Crippen molar-refractivity contribution in [1.29, 1.82) is 0 Å². The van der Waals surface area contributed by atoms with Gasteiger partial charge in [-0.3, -0.25) is 0 Å². The van der Waals surface area contributed by atoms with E-state index in [-0.39, 0.29) is 6.04 Å². The van der Waals surface area contributed by atoms with Gasteiger partial charge in [0.25, 0.3) is 0 Å². The molecule has 0 bridgehead atoms. The van der Waals surface area contributed by atoms with Gasteiger partial charge in [-0.15, -0.1) is 0 Å². The maximum Gasteiger partial charge on any atom is 0.189 e. The number of sulfone groups is 1. The van der Waals surface area contributed by atoms with Crippen LogP contribution in [0.5, 0.6) is 5.75 Å². The maximum absolute atomic E-state index is 11.8. The molecule has 3 rings (SSSR count). The Morgan fingerprint density at radius 1 is 1.31 bits per heavy atom. The Bertz CT molecular complexity index is 939. The summed E-state index contributed by atoms with van der Waals surface area (Å²) in [4.78, 5) is 4.69. The highest BCUT2D eigenvalue weighted by Gasteiger charge is 2.21. The van der Waals surface area contributed by atoms with Gasteiger partial charge in [-0.05, 0) is 30.2 Å². The Labute approximate surface area is 154 Å². The molecule has 0 saturated carbocycles. The molecule has 2 aromatic carbocycles. The Balaban J connectivity index is 1.72. The number of nitrogens with zero attached hydrogens (tertiary/aromatic N) is 1. The Morgan fingerprint density at radius 3 is 2.85 bits per heavy atom. The average molecular weight is 373 g/mol. The van der Waals surface area contributed by atoms with Gasteiger partial charge in [0.2, 0.25) is 0 Å². The summed E-state index contributed by atoms with van der Waals surface area (Å²) in [5, 5.41) is 3.23. The lowest BCUT2D eigenvalue weighted by Crippen LogP contribution is -2.37. The summed E-state index contributed by atoms with van der Waals surface area (Å²) in [6, 6.07) is 13.2. The molecule has 0 fully saturated rings. The van der Waals surface area contributed by atoms with Crippen LogP contribution in [0.1, 0.15) is 29.2 Å². The standard InChI is InChI=1S/C19H23N3O3S/c1-13-7-8-14(11-18(13)26(2,23)24)12-21-19(20)22-16-9-10-25-17-6-4-3-5-15(16)17/h3-8,11,16H,9-10,12H2,1-2H3,(H3,20,21,22). The molecule has 1 heterocycles. The third kappa shape index (κ3) is 4.16. The van der Waals surface area contributed by atoms with Crippen LogP contribution in [0.25, 0.3) is 0 Å². The number of nitrogens with two attached hydrogens (primary N) is 1. The van der Waals surface area contributed by atoms with E-state index in [9.17, 15) is 8.42 Å². The number of hydrogen-bond donors (Lipinski definition) is 2. The third-order valence-electron chi connectivity index (χ3n) is 4.36. The molecule has 26 heavy (non-hydrogen) atoms. The van der Waals surface area contributed by atoms with Crippen molar-refractivity contribution in [2.45, 2.75) is 30.8 Å². The molecule has 7 heteroatoms. The summed E-state index contributed by atoms with van der Waals surface area (Å²) in [6.45, 7) is 2.71. The number of aryl methyl sites for hydroxylation is 1. The van der Waals surface area contributed by atoms with Crippen molar-refractivity contribution in [3.63, 3.8) is 0 Å². The van der Waals surface area contributed by atoms with Crippen LogP contribution in [0.4, 0.5) is 0 Å². The molecule has 1 atom stereocenters. The van der Waals surface area contributed by atoms with Gasteiger partial charge < -0.3 is 15.8 Å². The van der Waals surface area contributed by atoms with Crippen molar-refractivity contribution in [3.8, 4) is 5.75 Å². The van der Waals surface area contributed by atoms with E-state index in [1.165, 1.54) is 6.26 Å². The van der Waals surface area contributed by atoms with E-state index in [4.69, 9.17) is 10.5 Å². The molecule has 0 saturated heterocycles. The molecule has 1 aliphatic rings. The van der Waals surface area contributed by atoms with Crippen molar-refractivity contribution in [2.24, 2.45) is 10.7 Å².